The van der Waals surface area contributed by atoms with Gasteiger partial charge < -0.3 is 57.6 Å². The van der Waals surface area contributed by atoms with Gasteiger partial charge in [-0.2, -0.15) is 0 Å². The monoisotopic (exact) mass is 926 g/mol. The summed E-state index contributed by atoms with van der Waals surface area (Å²) in [6.45, 7) is 1.36. The van der Waals surface area contributed by atoms with Crippen LogP contribution in [-0.4, -0.2) is 98.1 Å². The van der Waals surface area contributed by atoms with Crippen molar-refractivity contribution < 1.29 is 57.6 Å². The second kappa shape index (κ2) is 26.0. The molecule has 0 aromatic heterocycles. The molecule has 0 saturated carbocycles. The van der Waals surface area contributed by atoms with Gasteiger partial charge in [-0.1, -0.05) is 182 Å². The Morgan fingerprint density at radius 2 is 0.676 bits per heavy atom. The van der Waals surface area contributed by atoms with Gasteiger partial charge in [-0.25, -0.2) is 0 Å². The Morgan fingerprint density at radius 3 is 1.07 bits per heavy atom. The molecule has 12 nitrogen and oxygen atoms in total. The third-order valence-corrected chi connectivity index (χ3v) is 12.0. The Kier molecular flexibility index (Phi) is 18.8. The zero-order valence-electron chi connectivity index (χ0n) is 38.3. The Labute approximate surface area is 399 Å². The van der Waals surface area contributed by atoms with Crippen molar-refractivity contribution in [2.24, 2.45) is 0 Å². The van der Waals surface area contributed by atoms with Crippen LogP contribution >= 0.6 is 0 Å². The maximum Gasteiger partial charge on any atom is 0.187 e. The first-order chi connectivity index (χ1) is 33.5. The summed E-state index contributed by atoms with van der Waals surface area (Å²) in [7, 11) is 1.41. The van der Waals surface area contributed by atoms with Crippen LogP contribution in [0.5, 0.6) is 0 Å². The average Bonchev–Trinajstić information content (AvgIpc) is 3.48. The number of aliphatic hydroxyl groups is 2. The highest BCUT2D eigenvalue weighted by atomic mass is 16.8. The first kappa shape index (κ1) is 49.3. The molecule has 2 N–H and O–H groups in total. The van der Waals surface area contributed by atoms with Crippen LogP contribution in [0.3, 0.4) is 0 Å². The lowest BCUT2D eigenvalue weighted by atomic mass is 9.96. The molecule has 8 rings (SSSR count). The zero-order chi connectivity index (χ0) is 46.8. The molecule has 11 atom stereocenters. The average molecular weight is 927 g/mol. The second-order valence-electron chi connectivity index (χ2n) is 16.9. The third-order valence-electron chi connectivity index (χ3n) is 12.0. The highest BCUT2D eigenvalue weighted by Crippen LogP contribution is 2.36. The molecule has 0 radical (unpaired) electrons. The quantitative estimate of drug-likeness (QED) is 0.0646. The van der Waals surface area contributed by atoms with Crippen molar-refractivity contribution in [3.8, 4) is 0 Å². The predicted octanol–water partition coefficient (Wildman–Crippen LogP) is 7.96. The summed E-state index contributed by atoms with van der Waals surface area (Å²) in [5.41, 5.74) is 5.61. The van der Waals surface area contributed by atoms with E-state index >= 15 is 0 Å². The van der Waals surface area contributed by atoms with E-state index < -0.39 is 67.5 Å². The van der Waals surface area contributed by atoms with Gasteiger partial charge in [0.1, 0.15) is 54.9 Å². The maximum atomic E-state index is 12.1. The van der Waals surface area contributed by atoms with E-state index in [9.17, 15) is 10.2 Å². The van der Waals surface area contributed by atoms with Gasteiger partial charge in [0, 0.05) is 7.11 Å². The largest absolute Gasteiger partial charge is 0.387 e. The second-order valence-corrected chi connectivity index (χ2v) is 16.9. The van der Waals surface area contributed by atoms with Crippen LogP contribution in [0.15, 0.2) is 182 Å². The smallest absolute Gasteiger partial charge is 0.187 e. The summed E-state index contributed by atoms with van der Waals surface area (Å²) in [5.74, 6) is 0. The van der Waals surface area contributed by atoms with Gasteiger partial charge in [-0.05, 0) is 33.4 Å². The molecule has 2 fully saturated rings. The van der Waals surface area contributed by atoms with Gasteiger partial charge in [0.15, 0.2) is 12.6 Å². The lowest BCUT2D eigenvalue weighted by Crippen LogP contribution is -2.63. The van der Waals surface area contributed by atoms with Crippen LogP contribution < -0.4 is 0 Å². The van der Waals surface area contributed by atoms with Gasteiger partial charge in [-0.3, -0.25) is 0 Å². The van der Waals surface area contributed by atoms with Crippen molar-refractivity contribution in [1.82, 2.24) is 0 Å². The Balaban J connectivity index is 1.18. The molecule has 6 aromatic carbocycles. The van der Waals surface area contributed by atoms with E-state index in [4.69, 9.17) is 47.4 Å². The SMILES string of the molecule is CO[C@H]1O[C@H](COCc2ccccc2)[C@@H](O[C@@H]2O[C@H](COCc3ccccc3)[C@H](OCc3ccccc3)[C@H](OCc3ccccc3)[C@H]2OCc2ccccc2)[C@H](OCc2ccccc2)[C@H](O)[C@H]1O. The van der Waals surface area contributed by atoms with E-state index in [0.29, 0.717) is 6.61 Å². The van der Waals surface area contributed by atoms with Crippen molar-refractivity contribution in [1.29, 1.82) is 0 Å². The molecule has 0 amide bonds. The first-order valence-corrected chi connectivity index (χ1v) is 23.2. The predicted molar refractivity (Wildman–Crippen MR) is 253 cm³/mol. The molecule has 0 unspecified atom stereocenters. The minimum atomic E-state index is -1.54. The first-order valence-electron chi connectivity index (χ1n) is 23.2. The fourth-order valence-corrected chi connectivity index (χ4v) is 8.42. The number of ether oxygens (including phenoxy) is 10. The molecule has 358 valence electrons. The van der Waals surface area contributed by atoms with Crippen molar-refractivity contribution in [2.75, 3.05) is 20.3 Å². The number of benzene rings is 6. The van der Waals surface area contributed by atoms with Gasteiger partial charge in [0.2, 0.25) is 0 Å². The molecular weight excluding hydrogens is 865 g/mol. The molecule has 0 aliphatic carbocycles. The Bertz CT molecular complexity index is 2280. The number of aliphatic hydroxyl groups excluding tert-OH is 2. The van der Waals surface area contributed by atoms with E-state index in [1.54, 1.807) is 0 Å². The molecule has 2 aliphatic rings. The lowest BCUT2D eigenvalue weighted by molar-refractivity contribution is -0.350. The summed E-state index contributed by atoms with van der Waals surface area (Å²) in [4.78, 5) is 0. The van der Waals surface area contributed by atoms with Gasteiger partial charge >= 0.3 is 0 Å². The standard InChI is InChI=1S/C56H62O12/c1-59-55-49(58)48(57)52(63-35-43-26-14-5-15-27-43)51(47(66-55)39-61-33-41-22-10-3-11-23-41)68-56-54(65-37-45-30-18-7-19-31-45)53(64-36-44-28-16-6-17-29-44)50(62-34-42-24-12-4-13-25-42)46(67-56)38-60-32-40-20-8-2-9-21-40/h2-31,46-58H,32-39H2,1H3/t46-,47-,48-,49-,50+,51-,52-,53+,54-,55+,56+/m1/s1. The molecule has 2 aliphatic heterocycles. The normalized spacial score (nSPS) is 26.2. The Hall–Kier alpha value is -5.16. The number of methoxy groups -OCH3 is 1. The number of hydrogen-bond acceptors (Lipinski definition) is 12. The molecule has 0 spiro atoms. The number of hydrogen-bond donors (Lipinski definition) is 2. The van der Waals surface area contributed by atoms with Crippen molar-refractivity contribution in [3.05, 3.63) is 215 Å². The van der Waals surface area contributed by atoms with Gasteiger partial charge in [0.25, 0.3) is 0 Å². The molecule has 6 aromatic rings. The maximum absolute atomic E-state index is 12.1. The molecule has 2 saturated heterocycles. The fourth-order valence-electron chi connectivity index (χ4n) is 8.42. The van der Waals surface area contributed by atoms with Crippen LogP contribution in [-0.2, 0) is 87.0 Å². The van der Waals surface area contributed by atoms with Crippen molar-refractivity contribution in [3.63, 3.8) is 0 Å². The highest BCUT2D eigenvalue weighted by Gasteiger charge is 2.54. The molecule has 12 heteroatoms. The van der Waals surface area contributed by atoms with E-state index in [1.807, 2.05) is 182 Å². The highest BCUT2D eigenvalue weighted by molar-refractivity contribution is 5.18. The summed E-state index contributed by atoms with van der Waals surface area (Å²) in [6, 6.07) is 58.9. The molecular formula is C56H62O12. The van der Waals surface area contributed by atoms with Crippen molar-refractivity contribution >= 4 is 0 Å². The van der Waals surface area contributed by atoms with Crippen LogP contribution in [0, 0.1) is 0 Å². The van der Waals surface area contributed by atoms with E-state index in [-0.39, 0.29) is 46.2 Å². The van der Waals surface area contributed by atoms with Crippen LogP contribution in [0.2, 0.25) is 0 Å². The summed E-state index contributed by atoms with van der Waals surface area (Å²) in [6.07, 6.45) is -12.1. The van der Waals surface area contributed by atoms with Gasteiger partial charge in [0.05, 0.1) is 52.9 Å². The van der Waals surface area contributed by atoms with E-state index in [0.717, 1.165) is 33.4 Å². The number of rotatable bonds is 23. The Morgan fingerprint density at radius 1 is 0.353 bits per heavy atom. The summed E-state index contributed by atoms with van der Waals surface area (Å²) < 4.78 is 66.7. The molecule has 68 heavy (non-hydrogen) atoms. The van der Waals surface area contributed by atoms with Crippen molar-refractivity contribution in [2.45, 2.75) is 107 Å². The summed E-state index contributed by atoms with van der Waals surface area (Å²) in [5, 5.41) is 23.8. The van der Waals surface area contributed by atoms with Crippen LogP contribution in [0.4, 0.5) is 0 Å². The summed E-state index contributed by atoms with van der Waals surface area (Å²) >= 11 is 0. The van der Waals surface area contributed by atoms with Gasteiger partial charge in [-0.15, -0.1) is 0 Å². The van der Waals surface area contributed by atoms with Crippen LogP contribution in [0.25, 0.3) is 0 Å². The minimum absolute atomic E-state index is 0.0350. The molecule has 0 bridgehead atoms. The minimum Gasteiger partial charge on any atom is -0.387 e. The molecule has 2 heterocycles. The van der Waals surface area contributed by atoms with Crippen LogP contribution in [0.1, 0.15) is 33.4 Å². The van der Waals surface area contributed by atoms with E-state index in [1.165, 1.54) is 7.11 Å². The fraction of sp³-hybridized carbons (Fsp3) is 0.357. The topological polar surface area (TPSA) is 133 Å². The zero-order valence-corrected chi connectivity index (χ0v) is 38.3. The van der Waals surface area contributed by atoms with E-state index in [2.05, 4.69) is 0 Å². The third kappa shape index (κ3) is 14.0. The lowest BCUT2D eigenvalue weighted by Gasteiger charge is -2.47.